The summed E-state index contributed by atoms with van der Waals surface area (Å²) in [6.07, 6.45) is 6.89. The number of piperazine rings is 1. The van der Waals surface area contributed by atoms with Gasteiger partial charge in [0.25, 0.3) is 0 Å². The van der Waals surface area contributed by atoms with Crippen molar-refractivity contribution < 1.29 is 4.79 Å². The Morgan fingerprint density at radius 1 is 1.09 bits per heavy atom. The lowest BCUT2D eigenvalue weighted by atomic mass is 10.1. The lowest BCUT2D eigenvalue weighted by Crippen LogP contribution is -2.58. The average molecular weight is 475 g/mol. The summed E-state index contributed by atoms with van der Waals surface area (Å²) in [6.45, 7) is 11.4. The zero-order valence-corrected chi connectivity index (χ0v) is 20.6. The zero-order chi connectivity index (χ0) is 24.9. The number of anilines is 2. The largest absolute Gasteiger partial charge is 0.382 e. The van der Waals surface area contributed by atoms with Crippen LogP contribution in [0, 0.1) is 0 Å². The number of fused-ring (bicyclic) bond motifs is 1. The Balaban J connectivity index is 1.61. The third-order valence-electron chi connectivity index (χ3n) is 6.60. The number of pyridine rings is 1. The Bertz CT molecular complexity index is 1380. The van der Waals surface area contributed by atoms with Gasteiger partial charge in [-0.05, 0) is 39.8 Å². The van der Waals surface area contributed by atoms with Crippen molar-refractivity contribution in [3.8, 4) is 22.5 Å². The highest BCUT2D eigenvalue weighted by molar-refractivity contribution is 5.90. The lowest BCUT2D eigenvalue weighted by molar-refractivity contribution is -0.130. The molecular weight excluding hydrogens is 444 g/mol. The molecule has 11 nitrogen and oxygen atoms in total. The molecule has 35 heavy (non-hydrogen) atoms. The minimum absolute atomic E-state index is 0.106. The van der Waals surface area contributed by atoms with E-state index in [1.807, 2.05) is 28.0 Å². The van der Waals surface area contributed by atoms with Crippen molar-refractivity contribution in [1.29, 1.82) is 0 Å². The van der Waals surface area contributed by atoms with Crippen LogP contribution in [0.2, 0.25) is 0 Å². The van der Waals surface area contributed by atoms with Crippen LogP contribution in [0.3, 0.4) is 0 Å². The first-order valence-corrected chi connectivity index (χ1v) is 11.8. The monoisotopic (exact) mass is 474 g/mol. The maximum absolute atomic E-state index is 11.9. The zero-order valence-electron chi connectivity index (χ0n) is 20.6. The molecule has 0 bridgehead atoms. The number of nitrogens with zero attached hydrogens (tertiary/aromatic N) is 9. The summed E-state index contributed by atoms with van der Waals surface area (Å²) in [4.78, 5) is 25.0. The van der Waals surface area contributed by atoms with Gasteiger partial charge >= 0.3 is 0 Å². The van der Waals surface area contributed by atoms with E-state index in [1.165, 1.54) is 6.33 Å². The number of carbonyl (C=O) groups is 1. The molecule has 4 aromatic rings. The molecule has 1 aliphatic rings. The summed E-state index contributed by atoms with van der Waals surface area (Å²) >= 11 is 0. The molecule has 0 aromatic carbocycles. The number of carbonyl (C=O) groups excluding carboxylic acids is 1. The number of rotatable bonds is 4. The summed E-state index contributed by atoms with van der Waals surface area (Å²) in [5, 5.41) is 12.9. The smallest absolute Gasteiger partial charge is 0.219 e. The van der Waals surface area contributed by atoms with E-state index in [0.717, 1.165) is 28.2 Å². The van der Waals surface area contributed by atoms with Crippen LogP contribution in [0.1, 0.15) is 40.7 Å². The fraction of sp³-hybridized carbons (Fsp3) is 0.417. The maximum atomic E-state index is 11.9. The SMILES string of the molecule is CC(=O)N1C[C@@H](C)N(c2cncc(-c3cc(-c4cnnn4C(C)C)c4c(N)ncnn34)c2)[C@@H](C)C1. The molecule has 1 fully saturated rings. The van der Waals surface area contributed by atoms with E-state index in [4.69, 9.17) is 5.73 Å². The first-order chi connectivity index (χ1) is 16.8. The summed E-state index contributed by atoms with van der Waals surface area (Å²) < 4.78 is 3.66. The van der Waals surface area contributed by atoms with Crippen molar-refractivity contribution in [3.05, 3.63) is 37.1 Å². The molecule has 1 saturated heterocycles. The second-order valence-electron chi connectivity index (χ2n) is 9.47. The highest BCUT2D eigenvalue weighted by Crippen LogP contribution is 2.36. The molecule has 1 amide bonds. The average Bonchev–Trinajstić information content (AvgIpc) is 3.44. The molecule has 11 heteroatoms. The quantitative estimate of drug-likeness (QED) is 0.479. The number of aromatic nitrogens is 7. The minimum atomic E-state index is 0.106. The van der Waals surface area contributed by atoms with Crippen LogP contribution in [0.4, 0.5) is 11.5 Å². The Hall–Kier alpha value is -4.02. The summed E-state index contributed by atoms with van der Waals surface area (Å²) in [5.74, 6) is 0.485. The third kappa shape index (κ3) is 3.86. The van der Waals surface area contributed by atoms with Gasteiger partial charge in [-0.15, -0.1) is 5.10 Å². The van der Waals surface area contributed by atoms with Crippen molar-refractivity contribution in [3.63, 3.8) is 0 Å². The van der Waals surface area contributed by atoms with E-state index in [-0.39, 0.29) is 24.0 Å². The van der Waals surface area contributed by atoms with Crippen LogP contribution in [0.5, 0.6) is 0 Å². The molecular formula is C24H30N10O. The molecule has 0 saturated carbocycles. The summed E-state index contributed by atoms with van der Waals surface area (Å²) in [6, 6.07) is 4.59. The van der Waals surface area contributed by atoms with Crippen LogP contribution in [-0.2, 0) is 4.79 Å². The van der Waals surface area contributed by atoms with E-state index < -0.39 is 0 Å². The standard InChI is InChI=1S/C24H30N10O/c1-14(2)33-22(10-28-30-33)20-7-21(34-23(20)24(25)27-13-29-34)18-6-19(9-26-8-18)32-15(3)11-31(17(5)35)12-16(32)4/h6-10,13-16H,11-12H2,1-5H3,(H2,25,27,29)/t15-,16+. The topological polar surface area (TPSA) is 123 Å². The van der Waals surface area contributed by atoms with Gasteiger partial charge in [-0.1, -0.05) is 5.21 Å². The molecule has 5 rings (SSSR count). The molecule has 2 atom stereocenters. The van der Waals surface area contributed by atoms with Crippen LogP contribution >= 0.6 is 0 Å². The number of hydrogen-bond acceptors (Lipinski definition) is 8. The van der Waals surface area contributed by atoms with Crippen molar-refractivity contribution >= 4 is 22.9 Å². The molecule has 1 aliphatic heterocycles. The normalized spacial score (nSPS) is 18.6. The Labute approximate surface area is 203 Å². The fourth-order valence-corrected chi connectivity index (χ4v) is 5.08. The van der Waals surface area contributed by atoms with Gasteiger partial charge in [0.2, 0.25) is 5.91 Å². The van der Waals surface area contributed by atoms with Crippen molar-refractivity contribution in [1.82, 2.24) is 39.5 Å². The summed E-state index contributed by atoms with van der Waals surface area (Å²) in [7, 11) is 0. The minimum Gasteiger partial charge on any atom is -0.382 e. The van der Waals surface area contributed by atoms with Gasteiger partial charge in [-0.2, -0.15) is 5.10 Å². The first kappa shape index (κ1) is 22.8. The van der Waals surface area contributed by atoms with E-state index in [1.54, 1.807) is 17.6 Å². The summed E-state index contributed by atoms with van der Waals surface area (Å²) in [5.41, 5.74) is 11.5. The molecule has 0 spiro atoms. The highest BCUT2D eigenvalue weighted by atomic mass is 16.2. The number of amides is 1. The van der Waals surface area contributed by atoms with Gasteiger partial charge < -0.3 is 15.5 Å². The van der Waals surface area contributed by atoms with Crippen molar-refractivity contribution in [2.24, 2.45) is 0 Å². The number of hydrogen-bond donors (Lipinski definition) is 1. The second-order valence-corrected chi connectivity index (χ2v) is 9.47. The van der Waals surface area contributed by atoms with Crippen LogP contribution in [0.15, 0.2) is 37.1 Å². The van der Waals surface area contributed by atoms with Gasteiger partial charge in [0.15, 0.2) is 5.82 Å². The molecule has 0 unspecified atom stereocenters. The maximum Gasteiger partial charge on any atom is 0.219 e. The second kappa shape index (κ2) is 8.64. The van der Waals surface area contributed by atoms with Crippen LogP contribution in [0.25, 0.3) is 28.0 Å². The third-order valence-corrected chi connectivity index (χ3v) is 6.60. The molecule has 0 aliphatic carbocycles. The van der Waals surface area contributed by atoms with E-state index in [9.17, 15) is 4.79 Å². The predicted molar refractivity (Wildman–Crippen MR) is 134 cm³/mol. The first-order valence-electron chi connectivity index (χ1n) is 11.8. The van der Waals surface area contributed by atoms with Gasteiger partial charge in [-0.25, -0.2) is 14.2 Å². The van der Waals surface area contributed by atoms with Crippen molar-refractivity contribution in [2.45, 2.75) is 52.7 Å². The highest BCUT2D eigenvalue weighted by Gasteiger charge is 2.31. The lowest BCUT2D eigenvalue weighted by Gasteiger charge is -2.45. The van der Waals surface area contributed by atoms with Crippen LogP contribution in [-0.4, -0.2) is 70.6 Å². The predicted octanol–water partition coefficient (Wildman–Crippen LogP) is 2.66. The van der Waals surface area contributed by atoms with E-state index in [0.29, 0.717) is 24.4 Å². The Morgan fingerprint density at radius 2 is 1.83 bits per heavy atom. The number of nitrogens with two attached hydrogens (primary N) is 1. The Morgan fingerprint density at radius 3 is 2.51 bits per heavy atom. The van der Waals surface area contributed by atoms with Gasteiger partial charge in [-0.3, -0.25) is 9.78 Å². The molecule has 182 valence electrons. The molecule has 4 aromatic heterocycles. The molecule has 0 radical (unpaired) electrons. The Kier molecular flexibility index (Phi) is 5.62. The fourth-order valence-electron chi connectivity index (χ4n) is 5.08. The number of nitrogen functional groups attached to an aromatic ring is 1. The van der Waals surface area contributed by atoms with Gasteiger partial charge in [0.1, 0.15) is 11.8 Å². The van der Waals surface area contributed by atoms with Gasteiger partial charge in [0.05, 0.1) is 29.5 Å². The van der Waals surface area contributed by atoms with Crippen LogP contribution < -0.4 is 10.6 Å². The van der Waals surface area contributed by atoms with Gasteiger partial charge in [0, 0.05) is 55.5 Å². The molecule has 2 N–H and O–H groups in total. The van der Waals surface area contributed by atoms with Crippen molar-refractivity contribution in [2.75, 3.05) is 23.7 Å². The van der Waals surface area contributed by atoms with E-state index >= 15 is 0 Å². The molecule has 5 heterocycles. The van der Waals surface area contributed by atoms with E-state index in [2.05, 4.69) is 64.0 Å².